The van der Waals surface area contributed by atoms with Crippen molar-refractivity contribution >= 4 is 22.7 Å². The minimum Gasteiger partial charge on any atom is -0.484 e. The van der Waals surface area contributed by atoms with E-state index in [0.29, 0.717) is 0 Å². The van der Waals surface area contributed by atoms with Gasteiger partial charge >= 0.3 is 0 Å². The minimum absolute atomic E-state index is 0.174. The number of aromatic nitrogens is 2. The van der Waals surface area contributed by atoms with Crippen molar-refractivity contribution in [1.82, 2.24) is 9.78 Å². The Balaban J connectivity index is 1.59. The van der Waals surface area contributed by atoms with E-state index in [9.17, 15) is 4.39 Å². The molecule has 0 aliphatic heterocycles. The van der Waals surface area contributed by atoms with Crippen molar-refractivity contribution in [2.45, 2.75) is 30.9 Å². The third-order valence-corrected chi connectivity index (χ3v) is 5.77. The number of thioether (sulfide) groups is 1. The second-order valence-electron chi connectivity index (χ2n) is 7.15. The van der Waals surface area contributed by atoms with Crippen LogP contribution < -0.4 is 10.5 Å². The van der Waals surface area contributed by atoms with E-state index in [-0.39, 0.29) is 18.0 Å². The molecule has 0 aliphatic rings. The largest absolute Gasteiger partial charge is 0.484 e. The van der Waals surface area contributed by atoms with Crippen LogP contribution >= 0.6 is 11.8 Å². The molecule has 0 aliphatic carbocycles. The summed E-state index contributed by atoms with van der Waals surface area (Å²) in [7, 11) is 0. The van der Waals surface area contributed by atoms with Gasteiger partial charge in [0.15, 0.2) is 0 Å². The van der Waals surface area contributed by atoms with Crippen molar-refractivity contribution in [3.05, 3.63) is 84.3 Å². The highest BCUT2D eigenvalue weighted by Gasteiger charge is 2.19. The van der Waals surface area contributed by atoms with E-state index in [1.165, 1.54) is 17.0 Å². The lowest BCUT2D eigenvalue weighted by Gasteiger charge is -2.23. The number of nitrogens with zero attached hydrogens (tertiary/aromatic N) is 2. The predicted octanol–water partition coefficient (Wildman–Crippen LogP) is 5.74. The number of halogens is 1. The molecule has 4 aromatic rings. The van der Waals surface area contributed by atoms with E-state index in [0.717, 1.165) is 33.7 Å². The van der Waals surface area contributed by atoms with Gasteiger partial charge in [-0.2, -0.15) is 5.10 Å². The van der Waals surface area contributed by atoms with Gasteiger partial charge in [0.05, 0.1) is 17.4 Å². The van der Waals surface area contributed by atoms with Gasteiger partial charge in [-0.3, -0.25) is 0 Å². The summed E-state index contributed by atoms with van der Waals surface area (Å²) in [5.41, 5.74) is 9.02. The van der Waals surface area contributed by atoms with Crippen LogP contribution in [-0.4, -0.2) is 21.6 Å². The zero-order chi connectivity index (χ0) is 21.1. The van der Waals surface area contributed by atoms with Gasteiger partial charge in [-0.05, 0) is 72.8 Å². The van der Waals surface area contributed by atoms with Gasteiger partial charge in [0.1, 0.15) is 17.7 Å². The van der Waals surface area contributed by atoms with Gasteiger partial charge in [0.25, 0.3) is 0 Å². The quantitative estimate of drug-likeness (QED) is 0.386. The molecule has 1 heterocycles. The Morgan fingerprint density at radius 2 is 1.80 bits per heavy atom. The van der Waals surface area contributed by atoms with Gasteiger partial charge in [0, 0.05) is 16.3 Å². The number of benzene rings is 3. The molecule has 0 radical (unpaired) electrons. The predicted molar refractivity (Wildman–Crippen MR) is 121 cm³/mol. The first kappa shape index (κ1) is 20.4. The van der Waals surface area contributed by atoms with E-state index >= 15 is 0 Å². The van der Waals surface area contributed by atoms with Crippen molar-refractivity contribution in [2.24, 2.45) is 5.73 Å². The highest BCUT2D eigenvalue weighted by atomic mass is 32.2. The summed E-state index contributed by atoms with van der Waals surface area (Å²) < 4.78 is 21.3. The molecule has 0 saturated carbocycles. The topological polar surface area (TPSA) is 53.1 Å². The Hall–Kier alpha value is -2.83. The molecule has 0 amide bonds. The van der Waals surface area contributed by atoms with Crippen LogP contribution in [0.3, 0.4) is 0 Å². The number of rotatable bonds is 7. The fourth-order valence-electron chi connectivity index (χ4n) is 3.42. The van der Waals surface area contributed by atoms with Gasteiger partial charge in [0.2, 0.25) is 0 Å². The lowest BCUT2D eigenvalue weighted by Crippen LogP contribution is -2.29. The molecule has 154 valence electrons. The Labute approximate surface area is 179 Å². The molecule has 2 atom stereocenters. The van der Waals surface area contributed by atoms with Crippen LogP contribution in [0.25, 0.3) is 16.6 Å². The summed E-state index contributed by atoms with van der Waals surface area (Å²) >= 11 is 1.81. The van der Waals surface area contributed by atoms with Crippen molar-refractivity contribution in [2.75, 3.05) is 5.75 Å². The van der Waals surface area contributed by atoms with Crippen molar-refractivity contribution in [3.63, 3.8) is 0 Å². The van der Waals surface area contributed by atoms with Crippen LogP contribution in [0.15, 0.2) is 77.8 Å². The summed E-state index contributed by atoms with van der Waals surface area (Å²) in [5, 5.41) is 5.39. The standard InChI is InChI=1S/C24H24FN3OS/c1-3-30-22-11-4-17(5-12-22)24(16(2)26)29-21-10-13-23-18(14-21)15-27-28(23)20-8-6-19(25)7-9-20/h4-16,24H,3,26H2,1-2H3/t16-,24-/m0/s1. The number of ether oxygens (including phenoxy) is 1. The van der Waals surface area contributed by atoms with Crippen molar-refractivity contribution in [1.29, 1.82) is 0 Å². The zero-order valence-electron chi connectivity index (χ0n) is 17.0. The molecule has 2 N–H and O–H groups in total. The van der Waals surface area contributed by atoms with Gasteiger partial charge in [-0.1, -0.05) is 19.1 Å². The summed E-state index contributed by atoms with van der Waals surface area (Å²) in [6.45, 7) is 4.09. The smallest absolute Gasteiger partial charge is 0.138 e. The Morgan fingerprint density at radius 3 is 2.47 bits per heavy atom. The fraction of sp³-hybridized carbons (Fsp3) is 0.208. The second kappa shape index (κ2) is 8.90. The maximum atomic E-state index is 13.2. The second-order valence-corrected chi connectivity index (χ2v) is 8.49. The van der Waals surface area contributed by atoms with Gasteiger partial charge in [-0.25, -0.2) is 9.07 Å². The van der Waals surface area contributed by atoms with E-state index in [2.05, 4.69) is 36.3 Å². The average molecular weight is 422 g/mol. The van der Waals surface area contributed by atoms with E-state index in [4.69, 9.17) is 10.5 Å². The van der Waals surface area contributed by atoms with Crippen LogP contribution in [0, 0.1) is 5.82 Å². The van der Waals surface area contributed by atoms with Gasteiger partial charge < -0.3 is 10.5 Å². The highest BCUT2D eigenvalue weighted by molar-refractivity contribution is 7.99. The van der Waals surface area contributed by atoms with Gasteiger partial charge in [-0.15, -0.1) is 11.8 Å². The summed E-state index contributed by atoms with van der Waals surface area (Å²) in [6, 6.07) is 20.3. The van der Waals surface area contributed by atoms with Crippen LogP contribution in [0.4, 0.5) is 4.39 Å². The molecule has 1 aromatic heterocycles. The molecule has 0 spiro atoms. The maximum Gasteiger partial charge on any atom is 0.138 e. The molecule has 4 rings (SSSR count). The van der Waals surface area contributed by atoms with Crippen LogP contribution in [-0.2, 0) is 0 Å². The Kier molecular flexibility index (Phi) is 6.06. The normalized spacial score (nSPS) is 13.3. The third kappa shape index (κ3) is 4.35. The monoisotopic (exact) mass is 421 g/mol. The molecule has 4 nitrogen and oxygen atoms in total. The molecule has 0 fully saturated rings. The summed E-state index contributed by atoms with van der Waals surface area (Å²) in [4.78, 5) is 1.24. The lowest BCUT2D eigenvalue weighted by molar-refractivity contribution is 0.180. The average Bonchev–Trinajstić information content (AvgIpc) is 3.16. The Bertz CT molecular complexity index is 1120. The molecule has 0 saturated heterocycles. The molecule has 0 unspecified atom stereocenters. The lowest BCUT2D eigenvalue weighted by atomic mass is 10.0. The fourth-order valence-corrected chi connectivity index (χ4v) is 4.08. The number of hydrogen-bond acceptors (Lipinski definition) is 4. The number of fused-ring (bicyclic) bond motifs is 1. The summed E-state index contributed by atoms with van der Waals surface area (Å²) in [6.07, 6.45) is 1.53. The van der Waals surface area contributed by atoms with Crippen LogP contribution in [0.5, 0.6) is 5.75 Å². The first-order valence-electron chi connectivity index (χ1n) is 9.94. The van der Waals surface area contributed by atoms with Crippen LogP contribution in [0.2, 0.25) is 0 Å². The molecule has 6 heteroatoms. The molecular formula is C24H24FN3OS. The van der Waals surface area contributed by atoms with Crippen LogP contribution in [0.1, 0.15) is 25.5 Å². The number of hydrogen-bond donors (Lipinski definition) is 1. The van der Waals surface area contributed by atoms with E-state index in [1.807, 2.05) is 36.9 Å². The summed E-state index contributed by atoms with van der Waals surface area (Å²) in [5.74, 6) is 1.50. The zero-order valence-corrected chi connectivity index (χ0v) is 17.8. The molecule has 3 aromatic carbocycles. The molecule has 30 heavy (non-hydrogen) atoms. The van der Waals surface area contributed by atoms with Crippen molar-refractivity contribution < 1.29 is 9.13 Å². The maximum absolute atomic E-state index is 13.2. The van der Waals surface area contributed by atoms with E-state index < -0.39 is 0 Å². The first-order chi connectivity index (χ1) is 14.5. The molecular weight excluding hydrogens is 397 g/mol. The number of nitrogens with two attached hydrogens (primary N) is 1. The highest BCUT2D eigenvalue weighted by Crippen LogP contribution is 2.29. The molecule has 0 bridgehead atoms. The SMILES string of the molecule is CCSc1ccc([C@@H](Oc2ccc3c(cnn3-c3ccc(F)cc3)c2)[C@H](C)N)cc1. The Morgan fingerprint density at radius 1 is 1.07 bits per heavy atom. The van der Waals surface area contributed by atoms with E-state index in [1.54, 1.807) is 23.0 Å². The minimum atomic E-state index is -0.269. The first-order valence-corrected chi connectivity index (χ1v) is 10.9. The van der Waals surface area contributed by atoms with Crippen molar-refractivity contribution in [3.8, 4) is 11.4 Å². The third-order valence-electron chi connectivity index (χ3n) is 4.87.